The zero-order chi connectivity index (χ0) is 12.7. The van der Waals surface area contributed by atoms with Crippen LogP contribution in [0.3, 0.4) is 0 Å². The van der Waals surface area contributed by atoms with E-state index in [0.717, 1.165) is 5.41 Å². The van der Waals surface area contributed by atoms with Crippen LogP contribution in [0.5, 0.6) is 0 Å². The maximum atomic E-state index is 13.3. The minimum Gasteiger partial charge on any atom is -0.286 e. The normalized spacial score (nSPS) is 15.4. The molecule has 0 N–H and O–H groups in total. The van der Waals surface area contributed by atoms with Gasteiger partial charge in [0.15, 0.2) is 28.4 Å². The van der Waals surface area contributed by atoms with E-state index in [-0.39, 0.29) is 12.0 Å². The van der Waals surface area contributed by atoms with Crippen LogP contribution >= 0.6 is 11.8 Å². The Balaban J connectivity index is 2.66. The van der Waals surface area contributed by atoms with Crippen molar-refractivity contribution in [2.45, 2.75) is 6.42 Å². The molecule has 1 heterocycles. The number of hydrogen-bond donors (Lipinski definition) is 0. The number of hydrogen-bond acceptors (Lipinski definition) is 2. The average Bonchev–Trinajstić information content (AvgIpc) is 2.71. The zero-order valence-corrected chi connectivity index (χ0v) is 8.81. The van der Waals surface area contributed by atoms with E-state index < -0.39 is 39.8 Å². The van der Waals surface area contributed by atoms with Crippen LogP contribution in [-0.2, 0) is 4.79 Å². The van der Waals surface area contributed by atoms with Gasteiger partial charge >= 0.3 is 0 Å². The van der Waals surface area contributed by atoms with Gasteiger partial charge in [-0.3, -0.25) is 4.79 Å². The molecule has 1 aromatic rings. The van der Waals surface area contributed by atoms with Gasteiger partial charge in [-0.15, -0.1) is 0 Å². The standard InChI is InChI=1S/C10H3F5OS/c11-6-5(3-1-4(16)17-2-3)7(12)9(14)10(15)8(6)13/h2H,1H2. The summed E-state index contributed by atoms with van der Waals surface area (Å²) in [7, 11) is 0. The first-order valence-electron chi connectivity index (χ1n) is 4.33. The molecule has 0 spiro atoms. The molecule has 0 aliphatic carbocycles. The first-order valence-corrected chi connectivity index (χ1v) is 5.21. The summed E-state index contributed by atoms with van der Waals surface area (Å²) in [6.07, 6.45) is -0.358. The van der Waals surface area contributed by atoms with Crippen molar-refractivity contribution < 1.29 is 26.7 Å². The second-order valence-electron chi connectivity index (χ2n) is 3.25. The van der Waals surface area contributed by atoms with E-state index in [1.165, 1.54) is 0 Å². The van der Waals surface area contributed by atoms with Gasteiger partial charge in [-0.05, 0) is 11.0 Å². The third-order valence-electron chi connectivity index (χ3n) is 2.20. The Morgan fingerprint density at radius 2 is 1.35 bits per heavy atom. The highest BCUT2D eigenvalue weighted by Crippen LogP contribution is 2.36. The minimum atomic E-state index is -2.21. The van der Waals surface area contributed by atoms with Crippen molar-refractivity contribution in [2.24, 2.45) is 0 Å². The number of halogens is 5. The molecular formula is C10H3F5OS. The molecule has 1 aliphatic heterocycles. The van der Waals surface area contributed by atoms with Crippen molar-refractivity contribution in [1.29, 1.82) is 0 Å². The lowest BCUT2D eigenvalue weighted by molar-refractivity contribution is -0.109. The first-order chi connectivity index (χ1) is 7.93. The average molecular weight is 266 g/mol. The summed E-state index contributed by atoms with van der Waals surface area (Å²) in [5, 5.41) is 0.671. The summed E-state index contributed by atoms with van der Waals surface area (Å²) < 4.78 is 65.1. The second-order valence-corrected chi connectivity index (χ2v) is 4.18. The van der Waals surface area contributed by atoms with Gasteiger partial charge in [0, 0.05) is 6.42 Å². The van der Waals surface area contributed by atoms with Crippen molar-refractivity contribution in [1.82, 2.24) is 0 Å². The molecule has 1 nitrogen and oxygen atoms in total. The Hall–Kier alpha value is -1.37. The molecule has 1 aromatic carbocycles. The Kier molecular flexibility index (Phi) is 2.94. The molecule has 0 fully saturated rings. The van der Waals surface area contributed by atoms with E-state index in [9.17, 15) is 26.7 Å². The Morgan fingerprint density at radius 1 is 0.882 bits per heavy atom. The lowest BCUT2D eigenvalue weighted by Gasteiger charge is -2.07. The summed E-state index contributed by atoms with van der Waals surface area (Å²) in [6, 6.07) is 0. The molecule has 0 aromatic heterocycles. The molecule has 0 amide bonds. The Bertz CT molecular complexity index is 523. The van der Waals surface area contributed by atoms with Crippen LogP contribution in [0.4, 0.5) is 22.0 Å². The molecule has 7 heteroatoms. The zero-order valence-electron chi connectivity index (χ0n) is 7.99. The fourth-order valence-electron chi connectivity index (χ4n) is 1.41. The first kappa shape index (κ1) is 12.1. The quantitative estimate of drug-likeness (QED) is 0.440. The van der Waals surface area contributed by atoms with Gasteiger partial charge in [0.2, 0.25) is 5.82 Å². The topological polar surface area (TPSA) is 17.1 Å². The fraction of sp³-hybridized carbons (Fsp3) is 0.100. The van der Waals surface area contributed by atoms with Crippen LogP contribution in [0.25, 0.3) is 5.57 Å². The Morgan fingerprint density at radius 3 is 1.76 bits per heavy atom. The maximum absolute atomic E-state index is 13.3. The van der Waals surface area contributed by atoms with Gasteiger partial charge in [-0.1, -0.05) is 11.8 Å². The molecule has 0 radical (unpaired) electrons. The van der Waals surface area contributed by atoms with Crippen LogP contribution in [0, 0.1) is 29.1 Å². The number of carbonyl (C=O) groups excluding carboxylic acids is 1. The van der Waals surface area contributed by atoms with E-state index in [0.29, 0.717) is 11.8 Å². The van der Waals surface area contributed by atoms with Crippen molar-refractivity contribution >= 4 is 22.5 Å². The molecule has 0 saturated carbocycles. The monoisotopic (exact) mass is 266 g/mol. The molecule has 0 unspecified atom stereocenters. The summed E-state index contributed by atoms with van der Waals surface area (Å²) >= 11 is 0.661. The highest BCUT2D eigenvalue weighted by Gasteiger charge is 2.29. The van der Waals surface area contributed by atoms with Gasteiger partial charge in [-0.2, -0.15) is 0 Å². The minimum absolute atomic E-state index is 0.201. The molecule has 0 atom stereocenters. The predicted octanol–water partition coefficient (Wildman–Crippen LogP) is 3.39. The van der Waals surface area contributed by atoms with Gasteiger partial charge in [0.25, 0.3) is 0 Å². The number of carbonyl (C=O) groups is 1. The number of thioether (sulfide) groups is 1. The lowest BCUT2D eigenvalue weighted by Crippen LogP contribution is -2.06. The summed E-state index contributed by atoms with van der Waals surface area (Å²) in [5.74, 6) is -10.1. The summed E-state index contributed by atoms with van der Waals surface area (Å²) in [6.45, 7) is 0. The summed E-state index contributed by atoms with van der Waals surface area (Å²) in [5.41, 5.74) is -1.23. The van der Waals surface area contributed by atoms with Crippen molar-refractivity contribution in [3.63, 3.8) is 0 Å². The van der Waals surface area contributed by atoms with Crippen LogP contribution in [0.2, 0.25) is 0 Å². The maximum Gasteiger partial charge on any atom is 0.200 e. The van der Waals surface area contributed by atoms with Gasteiger partial charge in [0.05, 0.1) is 5.56 Å². The van der Waals surface area contributed by atoms with Gasteiger partial charge in [-0.25, -0.2) is 22.0 Å². The fourth-order valence-corrected chi connectivity index (χ4v) is 2.12. The molecule has 2 rings (SSSR count). The number of allylic oxidation sites excluding steroid dienone is 1. The highest BCUT2D eigenvalue weighted by atomic mass is 32.2. The number of benzene rings is 1. The van der Waals surface area contributed by atoms with E-state index >= 15 is 0 Å². The van der Waals surface area contributed by atoms with E-state index in [1.807, 2.05) is 0 Å². The predicted molar refractivity (Wildman–Crippen MR) is 51.4 cm³/mol. The molecular weight excluding hydrogens is 263 g/mol. The van der Waals surface area contributed by atoms with Crippen LogP contribution < -0.4 is 0 Å². The van der Waals surface area contributed by atoms with E-state index in [1.54, 1.807) is 0 Å². The second kappa shape index (κ2) is 4.14. The van der Waals surface area contributed by atoms with Crippen molar-refractivity contribution in [2.75, 3.05) is 0 Å². The van der Waals surface area contributed by atoms with Crippen molar-refractivity contribution in [3.8, 4) is 0 Å². The van der Waals surface area contributed by atoms with Gasteiger partial charge in [0.1, 0.15) is 0 Å². The Labute approximate surface area is 96.3 Å². The third-order valence-corrected chi connectivity index (χ3v) is 3.01. The number of rotatable bonds is 1. The van der Waals surface area contributed by atoms with Crippen LogP contribution in [0.1, 0.15) is 12.0 Å². The molecule has 17 heavy (non-hydrogen) atoms. The third kappa shape index (κ3) is 1.84. The van der Waals surface area contributed by atoms with Crippen LogP contribution in [0.15, 0.2) is 5.41 Å². The molecule has 1 aliphatic rings. The molecule has 90 valence electrons. The molecule has 0 saturated heterocycles. The van der Waals surface area contributed by atoms with E-state index in [2.05, 4.69) is 0 Å². The molecule has 0 bridgehead atoms. The SMILES string of the molecule is O=C1CC(c2c(F)c(F)c(F)c(F)c2F)=CS1. The van der Waals surface area contributed by atoms with E-state index in [4.69, 9.17) is 0 Å². The van der Waals surface area contributed by atoms with Crippen LogP contribution in [-0.4, -0.2) is 5.12 Å². The lowest BCUT2D eigenvalue weighted by atomic mass is 10.0. The smallest absolute Gasteiger partial charge is 0.200 e. The highest BCUT2D eigenvalue weighted by molar-refractivity contribution is 8.16. The van der Waals surface area contributed by atoms with Gasteiger partial charge < -0.3 is 0 Å². The van der Waals surface area contributed by atoms with Crippen molar-refractivity contribution in [3.05, 3.63) is 40.1 Å². The summed E-state index contributed by atoms with van der Waals surface area (Å²) in [4.78, 5) is 10.9. The largest absolute Gasteiger partial charge is 0.286 e.